The number of aliphatic carboxylic acids is 1. The van der Waals surface area contributed by atoms with Gasteiger partial charge in [-0.25, -0.2) is 4.79 Å². The molecular weight excluding hydrogens is 286 g/mol. The van der Waals surface area contributed by atoms with E-state index < -0.39 is 12.0 Å². The normalized spacial score (nSPS) is 18.0. The molecule has 1 unspecified atom stereocenters. The third kappa shape index (κ3) is 4.21. The van der Waals surface area contributed by atoms with Gasteiger partial charge < -0.3 is 19.5 Å². The van der Waals surface area contributed by atoms with Crippen LogP contribution in [0.5, 0.6) is 5.75 Å². The zero-order chi connectivity index (χ0) is 15.9. The first-order valence-electron chi connectivity index (χ1n) is 7.35. The van der Waals surface area contributed by atoms with Crippen LogP contribution in [-0.2, 0) is 20.7 Å². The van der Waals surface area contributed by atoms with Crippen LogP contribution in [0.25, 0.3) is 0 Å². The van der Waals surface area contributed by atoms with Gasteiger partial charge in [-0.1, -0.05) is 12.1 Å². The largest absolute Gasteiger partial charge is 0.497 e. The van der Waals surface area contributed by atoms with E-state index in [0.717, 1.165) is 17.7 Å². The fourth-order valence-corrected chi connectivity index (χ4v) is 2.49. The second-order valence-electron chi connectivity index (χ2n) is 5.22. The van der Waals surface area contributed by atoms with Gasteiger partial charge in [-0.3, -0.25) is 4.79 Å². The molecule has 0 aromatic heterocycles. The van der Waals surface area contributed by atoms with Crippen LogP contribution >= 0.6 is 0 Å². The molecule has 1 fully saturated rings. The molecule has 1 saturated heterocycles. The van der Waals surface area contributed by atoms with Crippen molar-refractivity contribution >= 4 is 11.9 Å². The fraction of sp³-hybridized carbons (Fsp3) is 0.500. The third-order valence-corrected chi connectivity index (χ3v) is 3.75. The van der Waals surface area contributed by atoms with Crippen LogP contribution in [-0.4, -0.2) is 54.8 Å². The first kappa shape index (κ1) is 16.3. The molecule has 0 bridgehead atoms. The van der Waals surface area contributed by atoms with Gasteiger partial charge in [0.1, 0.15) is 5.75 Å². The zero-order valence-electron chi connectivity index (χ0n) is 12.7. The zero-order valence-corrected chi connectivity index (χ0v) is 12.7. The Bertz CT molecular complexity index is 514. The molecule has 1 N–H and O–H groups in total. The molecule has 1 aromatic carbocycles. The van der Waals surface area contributed by atoms with Crippen molar-refractivity contribution in [2.24, 2.45) is 0 Å². The number of ether oxygens (including phenoxy) is 2. The number of hydrogen-bond donors (Lipinski definition) is 1. The summed E-state index contributed by atoms with van der Waals surface area (Å²) >= 11 is 0. The molecule has 1 aliphatic heterocycles. The molecule has 120 valence electrons. The minimum Gasteiger partial charge on any atom is -0.497 e. The molecule has 0 aliphatic carbocycles. The molecule has 1 aromatic rings. The summed E-state index contributed by atoms with van der Waals surface area (Å²) in [6, 6.07) is 6.86. The topological polar surface area (TPSA) is 76.1 Å². The number of amides is 1. The highest BCUT2D eigenvalue weighted by molar-refractivity contribution is 5.84. The average Bonchev–Trinajstić information content (AvgIpc) is 2.55. The van der Waals surface area contributed by atoms with Gasteiger partial charge in [-0.2, -0.15) is 0 Å². The number of hydrogen-bond acceptors (Lipinski definition) is 4. The van der Waals surface area contributed by atoms with Gasteiger partial charge in [0, 0.05) is 13.0 Å². The summed E-state index contributed by atoms with van der Waals surface area (Å²) in [5, 5.41) is 9.12. The maximum Gasteiger partial charge on any atom is 0.328 e. The highest BCUT2D eigenvalue weighted by Gasteiger charge is 2.32. The third-order valence-electron chi connectivity index (χ3n) is 3.75. The first-order chi connectivity index (χ1) is 10.6. The molecule has 1 aliphatic rings. The lowest BCUT2D eigenvalue weighted by Crippen LogP contribution is -2.52. The summed E-state index contributed by atoms with van der Waals surface area (Å²) < 4.78 is 10.2. The Hall–Kier alpha value is -2.08. The Morgan fingerprint density at radius 1 is 1.36 bits per heavy atom. The fourth-order valence-electron chi connectivity index (χ4n) is 2.49. The summed E-state index contributed by atoms with van der Waals surface area (Å²) in [4.78, 5) is 24.7. The molecule has 6 heteroatoms. The lowest BCUT2D eigenvalue weighted by molar-refractivity contribution is -0.158. The van der Waals surface area contributed by atoms with Crippen molar-refractivity contribution in [1.29, 1.82) is 0 Å². The lowest BCUT2D eigenvalue weighted by Gasteiger charge is -2.32. The summed E-state index contributed by atoms with van der Waals surface area (Å²) in [6.45, 7) is 0.811. The quantitative estimate of drug-likeness (QED) is 0.858. The molecule has 6 nitrogen and oxygen atoms in total. The van der Waals surface area contributed by atoms with Crippen molar-refractivity contribution in [3.63, 3.8) is 0 Å². The number of rotatable bonds is 6. The van der Waals surface area contributed by atoms with Crippen molar-refractivity contribution in [1.82, 2.24) is 4.90 Å². The molecule has 0 radical (unpaired) electrons. The van der Waals surface area contributed by atoms with Crippen LogP contribution < -0.4 is 4.74 Å². The van der Waals surface area contributed by atoms with Crippen LogP contribution in [0.2, 0.25) is 0 Å². The van der Waals surface area contributed by atoms with Gasteiger partial charge in [0.15, 0.2) is 6.04 Å². The Balaban J connectivity index is 1.82. The maximum absolute atomic E-state index is 12.2. The molecule has 0 saturated carbocycles. The number of carboxylic acid groups (broad SMARTS) is 1. The molecule has 22 heavy (non-hydrogen) atoms. The van der Waals surface area contributed by atoms with E-state index in [9.17, 15) is 9.59 Å². The summed E-state index contributed by atoms with van der Waals surface area (Å²) in [5.41, 5.74) is 1.13. The number of carbonyl (C=O) groups excluding carboxylic acids is 1. The van der Waals surface area contributed by atoms with Gasteiger partial charge >= 0.3 is 5.97 Å². The van der Waals surface area contributed by atoms with E-state index in [2.05, 4.69) is 0 Å². The van der Waals surface area contributed by atoms with E-state index in [0.29, 0.717) is 26.0 Å². The molecule has 1 amide bonds. The molecular formula is C16H21NO5. The number of benzene rings is 1. The van der Waals surface area contributed by atoms with Gasteiger partial charge in [-0.15, -0.1) is 0 Å². The minimum absolute atomic E-state index is 0.0690. The van der Waals surface area contributed by atoms with E-state index >= 15 is 0 Å². The van der Waals surface area contributed by atoms with Crippen molar-refractivity contribution in [3.8, 4) is 5.75 Å². The average molecular weight is 307 g/mol. The summed E-state index contributed by atoms with van der Waals surface area (Å²) in [5.74, 6) is -0.329. The molecule has 1 heterocycles. The van der Waals surface area contributed by atoms with Crippen molar-refractivity contribution in [2.75, 3.05) is 26.9 Å². The lowest BCUT2D eigenvalue weighted by atomic mass is 10.1. The van der Waals surface area contributed by atoms with Gasteiger partial charge in [0.25, 0.3) is 0 Å². The number of morpholine rings is 1. The van der Waals surface area contributed by atoms with Crippen LogP contribution in [0.4, 0.5) is 0 Å². The first-order valence-corrected chi connectivity index (χ1v) is 7.35. The molecule has 1 atom stereocenters. The van der Waals surface area contributed by atoms with E-state index in [4.69, 9.17) is 14.6 Å². The summed E-state index contributed by atoms with van der Waals surface area (Å²) in [7, 11) is 1.62. The van der Waals surface area contributed by atoms with Crippen LogP contribution in [0.1, 0.15) is 18.4 Å². The predicted molar refractivity (Wildman–Crippen MR) is 79.9 cm³/mol. The predicted octanol–water partition coefficient (Wildman–Crippen LogP) is 1.33. The Morgan fingerprint density at radius 2 is 2.09 bits per heavy atom. The Morgan fingerprint density at radius 3 is 2.73 bits per heavy atom. The standard InChI is InChI=1S/C16H21NO5/c1-21-13-7-5-12(6-8-13)3-2-4-15(18)17-9-10-22-11-14(17)16(19)20/h5-8,14H,2-4,9-11H2,1H3,(H,19,20). The smallest absolute Gasteiger partial charge is 0.328 e. The SMILES string of the molecule is COc1ccc(CCCC(=O)N2CCOCC2C(=O)O)cc1. The second-order valence-corrected chi connectivity index (χ2v) is 5.22. The molecule has 2 rings (SSSR count). The highest BCUT2D eigenvalue weighted by atomic mass is 16.5. The molecule has 0 spiro atoms. The highest BCUT2D eigenvalue weighted by Crippen LogP contribution is 2.15. The number of aryl methyl sites for hydroxylation is 1. The van der Waals surface area contributed by atoms with Crippen molar-refractivity contribution in [2.45, 2.75) is 25.3 Å². The monoisotopic (exact) mass is 307 g/mol. The number of methoxy groups -OCH3 is 1. The van der Waals surface area contributed by atoms with Crippen LogP contribution in [0, 0.1) is 0 Å². The van der Waals surface area contributed by atoms with Crippen LogP contribution in [0.15, 0.2) is 24.3 Å². The summed E-state index contributed by atoms with van der Waals surface area (Å²) in [6.07, 6.45) is 1.81. The van der Waals surface area contributed by atoms with Crippen LogP contribution in [0.3, 0.4) is 0 Å². The van der Waals surface area contributed by atoms with E-state index in [1.54, 1.807) is 7.11 Å². The maximum atomic E-state index is 12.2. The number of carboxylic acids is 1. The number of carbonyl (C=O) groups is 2. The minimum atomic E-state index is -1.01. The Kier molecular flexibility index (Phi) is 5.77. The van der Waals surface area contributed by atoms with Gasteiger partial charge in [-0.05, 0) is 30.5 Å². The van der Waals surface area contributed by atoms with Gasteiger partial charge in [0.2, 0.25) is 5.91 Å². The Labute approximate surface area is 129 Å². The van der Waals surface area contributed by atoms with Gasteiger partial charge in [0.05, 0.1) is 20.3 Å². The number of nitrogens with zero attached hydrogens (tertiary/aromatic N) is 1. The van der Waals surface area contributed by atoms with E-state index in [1.165, 1.54) is 4.90 Å². The second kappa shape index (κ2) is 7.79. The van der Waals surface area contributed by atoms with Crippen molar-refractivity contribution < 1.29 is 24.2 Å². The van der Waals surface area contributed by atoms with E-state index in [1.807, 2.05) is 24.3 Å². The van der Waals surface area contributed by atoms with Crippen molar-refractivity contribution in [3.05, 3.63) is 29.8 Å². The van der Waals surface area contributed by atoms with E-state index in [-0.39, 0.29) is 12.5 Å².